The molecule has 1 aromatic carbocycles. The topological polar surface area (TPSA) is 53.4 Å². The maximum absolute atomic E-state index is 13.6. The average molecular weight is 364 g/mol. The average Bonchev–Trinajstić information content (AvgIpc) is 2.63. The van der Waals surface area contributed by atoms with Crippen LogP contribution in [0.15, 0.2) is 48.7 Å². The first-order valence-corrected chi connectivity index (χ1v) is 8.45. The van der Waals surface area contributed by atoms with Gasteiger partial charge in [-0.15, -0.1) is 0 Å². The number of rotatable bonds is 4. The Labute approximate surface area is 149 Å². The zero-order valence-electron chi connectivity index (χ0n) is 14.0. The minimum absolute atomic E-state index is 0.0341. The van der Waals surface area contributed by atoms with Crippen molar-refractivity contribution < 1.29 is 23.1 Å². The number of pyridine rings is 1. The molecule has 3 rings (SSSR count). The summed E-state index contributed by atoms with van der Waals surface area (Å²) in [5.41, 5.74) is -0.311. The highest BCUT2D eigenvalue weighted by molar-refractivity contribution is 5.73. The van der Waals surface area contributed by atoms with Crippen LogP contribution in [0.5, 0.6) is 0 Å². The summed E-state index contributed by atoms with van der Waals surface area (Å²) >= 11 is 0. The molecule has 1 aliphatic heterocycles. The van der Waals surface area contributed by atoms with Gasteiger partial charge in [0.2, 0.25) is 0 Å². The van der Waals surface area contributed by atoms with Crippen LogP contribution in [-0.2, 0) is 11.0 Å². The number of hydrogen-bond acceptors (Lipinski definition) is 3. The molecule has 1 fully saturated rings. The number of likely N-dealkylation sites (tertiary alicyclic amines) is 1. The Morgan fingerprint density at radius 1 is 1.15 bits per heavy atom. The smallest absolute Gasteiger partial charge is 0.416 e. The van der Waals surface area contributed by atoms with Crippen LogP contribution in [-0.4, -0.2) is 33.5 Å². The van der Waals surface area contributed by atoms with Gasteiger partial charge in [-0.2, -0.15) is 13.2 Å². The highest BCUT2D eigenvalue weighted by Crippen LogP contribution is 2.40. The quantitative estimate of drug-likeness (QED) is 0.886. The first-order chi connectivity index (χ1) is 12.4. The van der Waals surface area contributed by atoms with Gasteiger partial charge in [-0.25, -0.2) is 0 Å². The minimum atomic E-state index is -4.53. The summed E-state index contributed by atoms with van der Waals surface area (Å²) in [4.78, 5) is 17.6. The number of carboxylic acid groups (broad SMARTS) is 1. The molecule has 2 unspecified atom stereocenters. The molecular formula is C19H19F3N2O2. The number of nitrogens with zero attached hydrogens (tertiary/aromatic N) is 2. The number of aromatic nitrogens is 1. The summed E-state index contributed by atoms with van der Waals surface area (Å²) in [6.07, 6.45) is -1.13. The lowest BCUT2D eigenvalue weighted by molar-refractivity contribution is -0.145. The van der Waals surface area contributed by atoms with Crippen molar-refractivity contribution in [2.45, 2.75) is 37.5 Å². The van der Waals surface area contributed by atoms with Crippen molar-refractivity contribution in [1.82, 2.24) is 9.88 Å². The van der Waals surface area contributed by atoms with E-state index in [4.69, 9.17) is 0 Å². The molecule has 0 spiro atoms. The summed E-state index contributed by atoms with van der Waals surface area (Å²) in [6.45, 7) is 0.407. The Bertz CT molecular complexity index is 765. The third-order valence-corrected chi connectivity index (χ3v) is 4.69. The first kappa shape index (κ1) is 18.4. The van der Waals surface area contributed by atoms with Gasteiger partial charge in [0, 0.05) is 6.20 Å². The molecule has 26 heavy (non-hydrogen) atoms. The number of alkyl halides is 3. The zero-order valence-corrected chi connectivity index (χ0v) is 14.0. The van der Waals surface area contributed by atoms with E-state index in [2.05, 4.69) is 4.98 Å². The Balaban J connectivity index is 2.16. The van der Waals surface area contributed by atoms with Crippen LogP contribution in [0.2, 0.25) is 0 Å². The standard InChI is InChI=1S/C19H19F3N2O2/c20-19(21,22)14-8-2-1-7-13(14)17(15-9-3-5-11-23-15)24-12-6-4-10-16(24)18(25)26/h1-3,5,7-9,11,16-17H,4,6,10,12H2,(H,25,26). The third kappa shape index (κ3) is 3.72. The summed E-state index contributed by atoms with van der Waals surface area (Å²) < 4.78 is 40.8. The number of carboxylic acids is 1. The van der Waals surface area contributed by atoms with E-state index >= 15 is 0 Å². The minimum Gasteiger partial charge on any atom is -0.480 e. The number of hydrogen-bond donors (Lipinski definition) is 1. The monoisotopic (exact) mass is 364 g/mol. The molecule has 2 heterocycles. The van der Waals surface area contributed by atoms with Crippen LogP contribution in [0.1, 0.15) is 42.1 Å². The van der Waals surface area contributed by atoms with Gasteiger partial charge < -0.3 is 5.11 Å². The van der Waals surface area contributed by atoms with E-state index in [1.807, 2.05) is 0 Å². The molecule has 0 amide bonds. The lowest BCUT2D eigenvalue weighted by Gasteiger charge is -2.39. The molecule has 1 aromatic heterocycles. The second-order valence-corrected chi connectivity index (χ2v) is 6.33. The normalized spacial score (nSPS) is 19.9. The van der Waals surface area contributed by atoms with Crippen molar-refractivity contribution in [2.75, 3.05) is 6.54 Å². The second-order valence-electron chi connectivity index (χ2n) is 6.33. The van der Waals surface area contributed by atoms with Gasteiger partial charge in [-0.05, 0) is 43.1 Å². The fourth-order valence-corrected chi connectivity index (χ4v) is 3.57. The van der Waals surface area contributed by atoms with Gasteiger partial charge in [-0.3, -0.25) is 14.7 Å². The van der Waals surface area contributed by atoms with Gasteiger partial charge >= 0.3 is 12.1 Å². The lowest BCUT2D eigenvalue weighted by Crippen LogP contribution is -2.47. The molecule has 2 atom stereocenters. The first-order valence-electron chi connectivity index (χ1n) is 8.45. The summed E-state index contributed by atoms with van der Waals surface area (Å²) in [5, 5.41) is 9.60. The molecule has 0 radical (unpaired) electrons. The van der Waals surface area contributed by atoms with E-state index in [0.717, 1.165) is 18.9 Å². The van der Waals surface area contributed by atoms with Gasteiger partial charge in [0.05, 0.1) is 17.3 Å². The van der Waals surface area contributed by atoms with E-state index < -0.39 is 29.8 Å². The second kappa shape index (κ2) is 7.45. The number of carbonyl (C=O) groups is 1. The molecule has 138 valence electrons. The van der Waals surface area contributed by atoms with E-state index in [0.29, 0.717) is 18.7 Å². The van der Waals surface area contributed by atoms with E-state index in [-0.39, 0.29) is 5.56 Å². The maximum Gasteiger partial charge on any atom is 0.416 e. The van der Waals surface area contributed by atoms with Crippen LogP contribution in [0, 0.1) is 0 Å². The Morgan fingerprint density at radius 3 is 2.54 bits per heavy atom. The third-order valence-electron chi connectivity index (χ3n) is 4.69. The fourth-order valence-electron chi connectivity index (χ4n) is 3.57. The molecule has 1 saturated heterocycles. The SMILES string of the molecule is O=C(O)C1CCCCN1C(c1ccccn1)c1ccccc1C(F)(F)F. The molecule has 0 bridgehead atoms. The number of aliphatic carboxylic acids is 1. The number of halogens is 3. The van der Waals surface area contributed by atoms with Crippen molar-refractivity contribution in [3.63, 3.8) is 0 Å². The van der Waals surface area contributed by atoms with Crippen LogP contribution in [0.3, 0.4) is 0 Å². The fraction of sp³-hybridized carbons (Fsp3) is 0.368. The lowest BCUT2D eigenvalue weighted by atomic mass is 9.91. The van der Waals surface area contributed by atoms with Crippen molar-refractivity contribution in [3.05, 3.63) is 65.5 Å². The predicted octanol–water partition coefficient (Wildman–Crippen LogP) is 4.13. The van der Waals surface area contributed by atoms with Crippen molar-refractivity contribution in [3.8, 4) is 0 Å². The molecular weight excluding hydrogens is 345 g/mol. The Kier molecular flexibility index (Phi) is 5.27. The Morgan fingerprint density at radius 2 is 1.88 bits per heavy atom. The largest absolute Gasteiger partial charge is 0.480 e. The predicted molar refractivity (Wildman–Crippen MR) is 89.5 cm³/mol. The van der Waals surface area contributed by atoms with Crippen molar-refractivity contribution in [2.24, 2.45) is 0 Å². The summed E-state index contributed by atoms with van der Waals surface area (Å²) in [7, 11) is 0. The molecule has 2 aromatic rings. The van der Waals surface area contributed by atoms with Gasteiger partial charge in [-0.1, -0.05) is 30.7 Å². The van der Waals surface area contributed by atoms with Crippen LogP contribution >= 0.6 is 0 Å². The maximum atomic E-state index is 13.6. The van der Waals surface area contributed by atoms with Crippen molar-refractivity contribution >= 4 is 5.97 Å². The van der Waals surface area contributed by atoms with Gasteiger partial charge in [0.15, 0.2) is 0 Å². The van der Waals surface area contributed by atoms with Crippen molar-refractivity contribution in [1.29, 1.82) is 0 Å². The summed E-state index contributed by atoms with van der Waals surface area (Å²) in [6, 6.07) is 8.65. The molecule has 0 saturated carbocycles. The summed E-state index contributed by atoms with van der Waals surface area (Å²) in [5.74, 6) is -1.02. The van der Waals surface area contributed by atoms with E-state index in [9.17, 15) is 23.1 Å². The van der Waals surface area contributed by atoms with Crippen LogP contribution in [0.25, 0.3) is 0 Å². The number of benzene rings is 1. The molecule has 7 heteroatoms. The van der Waals surface area contributed by atoms with Crippen LogP contribution < -0.4 is 0 Å². The highest BCUT2D eigenvalue weighted by atomic mass is 19.4. The van der Waals surface area contributed by atoms with E-state index in [1.165, 1.54) is 18.3 Å². The highest BCUT2D eigenvalue weighted by Gasteiger charge is 2.41. The van der Waals surface area contributed by atoms with Gasteiger partial charge in [0.25, 0.3) is 0 Å². The van der Waals surface area contributed by atoms with Crippen LogP contribution in [0.4, 0.5) is 13.2 Å². The Hall–Kier alpha value is -2.41. The number of piperidine rings is 1. The zero-order chi connectivity index (χ0) is 18.7. The molecule has 1 aliphatic rings. The molecule has 1 N–H and O–H groups in total. The van der Waals surface area contributed by atoms with E-state index in [1.54, 1.807) is 29.2 Å². The van der Waals surface area contributed by atoms with Gasteiger partial charge in [0.1, 0.15) is 6.04 Å². The molecule has 4 nitrogen and oxygen atoms in total. The molecule has 0 aliphatic carbocycles.